The van der Waals surface area contributed by atoms with E-state index >= 15 is 0 Å². The van der Waals surface area contributed by atoms with Gasteiger partial charge in [-0.15, -0.1) is 10.2 Å². The molecule has 0 unspecified atom stereocenters. The Bertz CT molecular complexity index is 1060. The van der Waals surface area contributed by atoms with Crippen molar-refractivity contribution in [1.82, 2.24) is 25.5 Å². The van der Waals surface area contributed by atoms with Gasteiger partial charge in [-0.2, -0.15) is 0 Å². The molecule has 0 spiro atoms. The van der Waals surface area contributed by atoms with E-state index in [1.807, 2.05) is 18.6 Å². The summed E-state index contributed by atoms with van der Waals surface area (Å²) in [6, 6.07) is 7.20. The van der Waals surface area contributed by atoms with Gasteiger partial charge in [-0.1, -0.05) is 11.3 Å². The van der Waals surface area contributed by atoms with Crippen LogP contribution in [0.2, 0.25) is 0 Å². The molecule has 0 amide bonds. The topological polar surface area (TPSA) is 66.8 Å². The van der Waals surface area contributed by atoms with Crippen LogP contribution in [0.15, 0.2) is 36.8 Å². The van der Waals surface area contributed by atoms with Gasteiger partial charge in [0.2, 0.25) is 0 Å². The third kappa shape index (κ3) is 4.84. The lowest BCUT2D eigenvalue weighted by atomic mass is 10.0. The number of anilines is 1. The van der Waals surface area contributed by atoms with E-state index in [9.17, 15) is 0 Å². The highest BCUT2D eigenvalue weighted by atomic mass is 32.1. The molecule has 7 heteroatoms. The molecular formula is C25H30N6S. The Hall–Kier alpha value is -2.38. The fourth-order valence-electron chi connectivity index (χ4n) is 4.55. The van der Waals surface area contributed by atoms with Crippen LogP contribution in [-0.2, 0) is 6.42 Å². The van der Waals surface area contributed by atoms with E-state index in [4.69, 9.17) is 4.98 Å². The SMILES string of the molecule is c1ncc(C2CC2)cc1-c1nnc(Cc2ccc(N3CCC[C@@H](NCC4CC4)C3)cn2)s1. The second-order valence-electron chi connectivity index (χ2n) is 9.60. The molecular weight excluding hydrogens is 416 g/mol. The quantitative estimate of drug-likeness (QED) is 0.552. The first-order chi connectivity index (χ1) is 15.8. The molecule has 2 saturated carbocycles. The van der Waals surface area contributed by atoms with Crippen LogP contribution in [0.5, 0.6) is 0 Å². The number of nitrogens with zero attached hydrogens (tertiary/aromatic N) is 5. The highest BCUT2D eigenvalue weighted by molar-refractivity contribution is 7.14. The molecule has 166 valence electrons. The van der Waals surface area contributed by atoms with Crippen LogP contribution in [0.25, 0.3) is 10.6 Å². The van der Waals surface area contributed by atoms with Crippen molar-refractivity contribution in [2.24, 2.45) is 5.92 Å². The summed E-state index contributed by atoms with van der Waals surface area (Å²) in [4.78, 5) is 11.6. The molecule has 0 aromatic carbocycles. The summed E-state index contributed by atoms with van der Waals surface area (Å²) < 4.78 is 0. The lowest BCUT2D eigenvalue weighted by Gasteiger charge is -2.34. The number of aromatic nitrogens is 4. The van der Waals surface area contributed by atoms with Crippen molar-refractivity contribution < 1.29 is 0 Å². The van der Waals surface area contributed by atoms with Crippen LogP contribution in [0.1, 0.15) is 60.7 Å². The second-order valence-corrected chi connectivity index (χ2v) is 10.7. The Morgan fingerprint density at radius 2 is 1.97 bits per heavy atom. The average Bonchev–Trinajstić information content (AvgIpc) is 3.77. The van der Waals surface area contributed by atoms with Crippen molar-refractivity contribution in [1.29, 1.82) is 0 Å². The third-order valence-corrected chi connectivity index (χ3v) is 7.81. The lowest BCUT2D eigenvalue weighted by molar-refractivity contribution is 0.416. The van der Waals surface area contributed by atoms with Crippen molar-refractivity contribution in [3.63, 3.8) is 0 Å². The molecule has 6 rings (SSSR count). The zero-order valence-corrected chi connectivity index (χ0v) is 19.2. The fourth-order valence-corrected chi connectivity index (χ4v) is 5.39. The van der Waals surface area contributed by atoms with Gasteiger partial charge in [0.25, 0.3) is 0 Å². The van der Waals surface area contributed by atoms with Crippen LogP contribution >= 0.6 is 11.3 Å². The van der Waals surface area contributed by atoms with E-state index in [1.165, 1.54) is 56.3 Å². The molecule has 3 aromatic heterocycles. The highest BCUT2D eigenvalue weighted by Crippen LogP contribution is 2.41. The van der Waals surface area contributed by atoms with Gasteiger partial charge in [-0.25, -0.2) is 0 Å². The van der Waals surface area contributed by atoms with Gasteiger partial charge in [0.15, 0.2) is 0 Å². The van der Waals surface area contributed by atoms with Crippen molar-refractivity contribution in [3.8, 4) is 10.6 Å². The predicted octanol–water partition coefficient (Wildman–Crippen LogP) is 4.43. The normalized spacial score (nSPS) is 21.1. The maximum Gasteiger partial charge on any atom is 0.149 e. The molecule has 1 aliphatic heterocycles. The number of piperidine rings is 1. The predicted molar refractivity (Wildman–Crippen MR) is 128 cm³/mol. The summed E-state index contributed by atoms with van der Waals surface area (Å²) in [5.41, 5.74) is 4.69. The molecule has 0 radical (unpaired) electrons. The maximum atomic E-state index is 4.75. The largest absolute Gasteiger partial charge is 0.369 e. The Labute approximate surface area is 193 Å². The van der Waals surface area contributed by atoms with Gasteiger partial charge in [0.05, 0.1) is 11.9 Å². The molecule has 3 aliphatic rings. The van der Waals surface area contributed by atoms with Crippen molar-refractivity contribution in [2.75, 3.05) is 24.5 Å². The summed E-state index contributed by atoms with van der Waals surface area (Å²) in [7, 11) is 0. The smallest absolute Gasteiger partial charge is 0.149 e. The standard InChI is InChI=1S/C25H30N6S/c1-2-22(27-12-17-3-4-17)16-31(9-1)23-8-7-21(28-15-23)11-24-29-30-25(32-24)20-10-19(13-26-14-20)18-5-6-18/h7-8,10,13-15,17-18,22,27H,1-6,9,11-12,16H2/t22-/m1/s1. The van der Waals surface area contributed by atoms with Crippen molar-refractivity contribution in [3.05, 3.63) is 53.1 Å². The highest BCUT2D eigenvalue weighted by Gasteiger charge is 2.26. The Morgan fingerprint density at radius 1 is 1.03 bits per heavy atom. The van der Waals surface area contributed by atoms with E-state index in [0.29, 0.717) is 12.0 Å². The Kier molecular flexibility index (Phi) is 5.61. The van der Waals surface area contributed by atoms with Crippen LogP contribution < -0.4 is 10.2 Å². The molecule has 6 nitrogen and oxygen atoms in total. The van der Waals surface area contributed by atoms with Crippen LogP contribution in [0, 0.1) is 5.92 Å². The summed E-state index contributed by atoms with van der Waals surface area (Å²) in [6.07, 6.45) is 14.6. The fraction of sp³-hybridized carbons (Fsp3) is 0.520. The summed E-state index contributed by atoms with van der Waals surface area (Å²) >= 11 is 1.65. The van der Waals surface area contributed by atoms with E-state index < -0.39 is 0 Å². The monoisotopic (exact) mass is 446 g/mol. The minimum Gasteiger partial charge on any atom is -0.369 e. The third-order valence-electron chi connectivity index (χ3n) is 6.84. The van der Waals surface area contributed by atoms with Crippen LogP contribution in [0.3, 0.4) is 0 Å². The Balaban J connectivity index is 1.08. The summed E-state index contributed by atoms with van der Waals surface area (Å²) in [6.45, 7) is 3.40. The van der Waals surface area contributed by atoms with E-state index in [-0.39, 0.29) is 0 Å². The van der Waals surface area contributed by atoms with Gasteiger partial charge >= 0.3 is 0 Å². The van der Waals surface area contributed by atoms with Crippen molar-refractivity contribution in [2.45, 2.75) is 56.9 Å². The van der Waals surface area contributed by atoms with Crippen molar-refractivity contribution >= 4 is 17.0 Å². The Morgan fingerprint density at radius 3 is 2.78 bits per heavy atom. The van der Waals surface area contributed by atoms with E-state index in [0.717, 1.165) is 46.7 Å². The number of pyridine rings is 2. The molecule has 3 fully saturated rings. The first kappa shape index (κ1) is 20.2. The molecule has 1 atom stereocenters. The molecule has 0 bridgehead atoms. The van der Waals surface area contributed by atoms with Gasteiger partial charge in [-0.3, -0.25) is 9.97 Å². The minimum absolute atomic E-state index is 0.608. The summed E-state index contributed by atoms with van der Waals surface area (Å²) in [5, 5.41) is 14.6. The molecule has 3 aromatic rings. The number of nitrogens with one attached hydrogen (secondary N) is 1. The zero-order valence-electron chi connectivity index (χ0n) is 18.4. The van der Waals surface area contributed by atoms with E-state index in [1.54, 1.807) is 11.3 Å². The maximum absolute atomic E-state index is 4.75. The van der Waals surface area contributed by atoms with Gasteiger partial charge in [-0.05, 0) is 80.7 Å². The molecule has 1 saturated heterocycles. The minimum atomic E-state index is 0.608. The number of hydrogen-bond acceptors (Lipinski definition) is 7. The van der Waals surface area contributed by atoms with Gasteiger partial charge in [0.1, 0.15) is 10.0 Å². The number of hydrogen-bond donors (Lipinski definition) is 1. The van der Waals surface area contributed by atoms with Crippen LogP contribution in [-0.4, -0.2) is 45.8 Å². The average molecular weight is 447 g/mol. The summed E-state index contributed by atoms with van der Waals surface area (Å²) in [5.74, 6) is 1.63. The number of rotatable bonds is 8. The molecule has 1 N–H and O–H groups in total. The molecule has 4 heterocycles. The molecule has 32 heavy (non-hydrogen) atoms. The first-order valence-electron chi connectivity index (χ1n) is 12.0. The van der Waals surface area contributed by atoms with Gasteiger partial charge in [0, 0.05) is 49.2 Å². The van der Waals surface area contributed by atoms with Crippen LogP contribution in [0.4, 0.5) is 5.69 Å². The zero-order chi connectivity index (χ0) is 21.3. The van der Waals surface area contributed by atoms with Gasteiger partial charge < -0.3 is 10.2 Å². The first-order valence-corrected chi connectivity index (χ1v) is 12.8. The second kappa shape index (κ2) is 8.87. The molecule has 2 aliphatic carbocycles. The van der Waals surface area contributed by atoms with E-state index in [2.05, 4.69) is 43.6 Å². The lowest BCUT2D eigenvalue weighted by Crippen LogP contribution is -2.46.